The van der Waals surface area contributed by atoms with Crippen molar-refractivity contribution in [3.63, 3.8) is 0 Å². The topological polar surface area (TPSA) is 129 Å². The molecule has 4 rings (SSSR count). The van der Waals surface area contributed by atoms with Crippen molar-refractivity contribution < 1.29 is 27.4 Å². The summed E-state index contributed by atoms with van der Waals surface area (Å²) in [7, 11) is -1.24. The average Bonchev–Trinajstić information content (AvgIpc) is 2.89. The summed E-state index contributed by atoms with van der Waals surface area (Å²) in [6.07, 6.45) is 0. The number of aromatic nitrogens is 2. The standard InChI is InChI=1S/C25H22N4O6S/c1-33-23-16-22(27-25(28-23)34-2)29-36(31,32)19-14-12-17(13-15-19)26-24(30)20-10-6-7-11-21(20)35-18-8-4-3-5-9-18/h3-16H,1-2H3,(H,26,30)(H,27,28,29). The largest absolute Gasteiger partial charge is 0.481 e. The monoisotopic (exact) mass is 506 g/mol. The lowest BCUT2D eigenvalue weighted by Gasteiger charge is -2.12. The zero-order chi connectivity index (χ0) is 25.5. The number of amides is 1. The third-order valence-corrected chi connectivity index (χ3v) is 6.21. The molecule has 0 unspecified atom stereocenters. The van der Waals surface area contributed by atoms with Crippen LogP contribution in [-0.4, -0.2) is 38.5 Å². The molecule has 1 aromatic heterocycles. The number of methoxy groups -OCH3 is 2. The average molecular weight is 507 g/mol. The first kappa shape index (κ1) is 24.5. The number of sulfonamides is 1. The lowest BCUT2D eigenvalue weighted by Crippen LogP contribution is -2.15. The molecule has 0 saturated carbocycles. The minimum Gasteiger partial charge on any atom is -0.481 e. The molecule has 11 heteroatoms. The van der Waals surface area contributed by atoms with Crippen LogP contribution in [0, 0.1) is 0 Å². The zero-order valence-corrected chi connectivity index (χ0v) is 20.2. The number of nitrogens with zero attached hydrogens (tertiary/aromatic N) is 2. The Morgan fingerprint density at radius 1 is 0.833 bits per heavy atom. The molecule has 3 aromatic carbocycles. The number of carbonyl (C=O) groups is 1. The second kappa shape index (κ2) is 10.7. The van der Waals surface area contributed by atoms with Crippen LogP contribution in [0.5, 0.6) is 23.4 Å². The van der Waals surface area contributed by atoms with Gasteiger partial charge < -0.3 is 19.5 Å². The molecule has 0 aliphatic rings. The fourth-order valence-electron chi connectivity index (χ4n) is 3.12. The van der Waals surface area contributed by atoms with Gasteiger partial charge in [0.2, 0.25) is 5.88 Å². The summed E-state index contributed by atoms with van der Waals surface area (Å²) in [5.74, 6) is 0.690. The van der Waals surface area contributed by atoms with E-state index in [2.05, 4.69) is 20.0 Å². The third kappa shape index (κ3) is 5.88. The van der Waals surface area contributed by atoms with Gasteiger partial charge in [0.05, 0.1) is 24.7 Å². The van der Waals surface area contributed by atoms with Crippen LogP contribution >= 0.6 is 0 Å². The van der Waals surface area contributed by atoms with Gasteiger partial charge in [-0.25, -0.2) is 8.42 Å². The molecule has 36 heavy (non-hydrogen) atoms. The van der Waals surface area contributed by atoms with Gasteiger partial charge in [-0.05, 0) is 48.5 Å². The quantitative estimate of drug-likeness (QED) is 0.343. The van der Waals surface area contributed by atoms with Gasteiger partial charge in [0.1, 0.15) is 11.5 Å². The van der Waals surface area contributed by atoms with Crippen molar-refractivity contribution in [3.8, 4) is 23.4 Å². The normalized spacial score (nSPS) is 10.8. The van der Waals surface area contributed by atoms with E-state index in [0.29, 0.717) is 22.7 Å². The maximum Gasteiger partial charge on any atom is 0.321 e. The predicted octanol–water partition coefficient (Wildman–Crippen LogP) is 4.34. The molecule has 0 aliphatic carbocycles. The SMILES string of the molecule is COc1cc(NS(=O)(=O)c2ccc(NC(=O)c3ccccc3Oc3ccccc3)cc2)nc(OC)n1. The first-order chi connectivity index (χ1) is 17.4. The van der Waals surface area contributed by atoms with Crippen LogP contribution in [0.25, 0.3) is 0 Å². The Kier molecular flexibility index (Phi) is 7.31. The predicted molar refractivity (Wildman–Crippen MR) is 133 cm³/mol. The number of benzene rings is 3. The number of ether oxygens (including phenoxy) is 3. The van der Waals surface area contributed by atoms with Gasteiger partial charge in [-0.15, -0.1) is 0 Å². The molecule has 0 atom stereocenters. The van der Waals surface area contributed by atoms with Crippen molar-refractivity contribution in [2.24, 2.45) is 0 Å². The molecule has 4 aromatic rings. The maximum atomic E-state index is 12.9. The molecular weight excluding hydrogens is 484 g/mol. The molecule has 184 valence electrons. The highest BCUT2D eigenvalue weighted by molar-refractivity contribution is 7.92. The van der Waals surface area contributed by atoms with Gasteiger partial charge in [0.15, 0.2) is 5.82 Å². The summed E-state index contributed by atoms with van der Waals surface area (Å²) < 4.78 is 43.8. The zero-order valence-electron chi connectivity index (χ0n) is 19.3. The molecule has 2 N–H and O–H groups in total. The van der Waals surface area contributed by atoms with Gasteiger partial charge in [-0.3, -0.25) is 9.52 Å². The molecule has 0 saturated heterocycles. The van der Waals surface area contributed by atoms with Gasteiger partial charge in [-0.2, -0.15) is 9.97 Å². The molecular formula is C25H22N4O6S. The van der Waals surface area contributed by atoms with E-state index in [0.717, 1.165) is 0 Å². The third-order valence-electron chi connectivity index (χ3n) is 4.84. The van der Waals surface area contributed by atoms with Crippen molar-refractivity contribution in [3.05, 3.63) is 90.5 Å². The summed E-state index contributed by atoms with van der Waals surface area (Å²) in [5, 5.41) is 2.76. The van der Waals surface area contributed by atoms with E-state index in [1.54, 1.807) is 36.4 Å². The Bertz CT molecular complexity index is 1440. The molecule has 0 radical (unpaired) electrons. The Morgan fingerprint density at radius 3 is 2.22 bits per heavy atom. The van der Waals surface area contributed by atoms with Crippen LogP contribution in [-0.2, 0) is 10.0 Å². The minimum atomic E-state index is -3.99. The lowest BCUT2D eigenvalue weighted by molar-refractivity contribution is 0.102. The van der Waals surface area contributed by atoms with Gasteiger partial charge in [0.25, 0.3) is 15.9 Å². The second-order valence-electron chi connectivity index (χ2n) is 7.28. The van der Waals surface area contributed by atoms with Crippen LogP contribution in [0.3, 0.4) is 0 Å². The minimum absolute atomic E-state index is 0.0221. The van der Waals surface area contributed by atoms with E-state index >= 15 is 0 Å². The number of nitrogens with one attached hydrogen (secondary N) is 2. The van der Waals surface area contributed by atoms with Crippen LogP contribution in [0.2, 0.25) is 0 Å². The Hall–Kier alpha value is -4.64. The first-order valence-electron chi connectivity index (χ1n) is 10.6. The van der Waals surface area contributed by atoms with Crippen LogP contribution in [0.1, 0.15) is 10.4 Å². The molecule has 1 heterocycles. The fraction of sp³-hybridized carbons (Fsp3) is 0.0800. The van der Waals surface area contributed by atoms with E-state index in [-0.39, 0.29) is 22.6 Å². The molecule has 10 nitrogen and oxygen atoms in total. The Labute approximate surface area is 207 Å². The van der Waals surface area contributed by atoms with Crippen LogP contribution < -0.4 is 24.2 Å². The highest BCUT2D eigenvalue weighted by atomic mass is 32.2. The van der Waals surface area contributed by atoms with E-state index < -0.39 is 15.9 Å². The number of rotatable bonds is 9. The van der Waals surface area contributed by atoms with Gasteiger partial charge in [-0.1, -0.05) is 30.3 Å². The number of carbonyl (C=O) groups excluding carboxylic acids is 1. The fourth-order valence-corrected chi connectivity index (χ4v) is 4.12. The number of para-hydroxylation sites is 2. The molecule has 0 fully saturated rings. The summed E-state index contributed by atoms with van der Waals surface area (Å²) >= 11 is 0. The van der Waals surface area contributed by atoms with Crippen molar-refractivity contribution in [1.29, 1.82) is 0 Å². The van der Waals surface area contributed by atoms with Crippen LogP contribution in [0.15, 0.2) is 89.8 Å². The molecule has 0 bridgehead atoms. The van der Waals surface area contributed by atoms with Crippen molar-refractivity contribution in [2.75, 3.05) is 24.3 Å². The number of hydrogen-bond donors (Lipinski definition) is 2. The van der Waals surface area contributed by atoms with E-state index in [9.17, 15) is 13.2 Å². The van der Waals surface area contributed by atoms with E-state index in [4.69, 9.17) is 14.2 Å². The lowest BCUT2D eigenvalue weighted by atomic mass is 10.2. The maximum absolute atomic E-state index is 12.9. The highest BCUT2D eigenvalue weighted by Crippen LogP contribution is 2.26. The highest BCUT2D eigenvalue weighted by Gasteiger charge is 2.18. The summed E-state index contributed by atoms with van der Waals surface area (Å²) in [6, 6.07) is 22.9. The van der Waals surface area contributed by atoms with E-state index in [1.807, 2.05) is 18.2 Å². The smallest absolute Gasteiger partial charge is 0.321 e. The van der Waals surface area contributed by atoms with Crippen LogP contribution in [0.4, 0.5) is 11.5 Å². The van der Waals surface area contributed by atoms with Crippen molar-refractivity contribution >= 4 is 27.4 Å². The molecule has 0 spiro atoms. The summed E-state index contributed by atoms with van der Waals surface area (Å²) in [5.41, 5.74) is 0.727. The van der Waals surface area contributed by atoms with Crippen molar-refractivity contribution in [2.45, 2.75) is 4.90 Å². The number of anilines is 2. The van der Waals surface area contributed by atoms with Gasteiger partial charge in [0, 0.05) is 11.8 Å². The number of hydrogen-bond acceptors (Lipinski definition) is 8. The van der Waals surface area contributed by atoms with Gasteiger partial charge >= 0.3 is 6.01 Å². The van der Waals surface area contributed by atoms with E-state index in [1.165, 1.54) is 44.6 Å². The van der Waals surface area contributed by atoms with Crippen molar-refractivity contribution in [1.82, 2.24) is 9.97 Å². The first-order valence-corrected chi connectivity index (χ1v) is 12.1. The summed E-state index contributed by atoms with van der Waals surface area (Å²) in [6.45, 7) is 0. The molecule has 0 aliphatic heterocycles. The Morgan fingerprint density at radius 2 is 1.53 bits per heavy atom. The second-order valence-corrected chi connectivity index (χ2v) is 8.96. The molecule has 1 amide bonds. The Balaban J connectivity index is 1.48. The summed E-state index contributed by atoms with van der Waals surface area (Å²) in [4.78, 5) is 20.8.